The molecule has 27 heavy (non-hydrogen) atoms. The molecular weight excluding hydrogens is 452 g/mol. The van der Waals surface area contributed by atoms with Gasteiger partial charge in [0, 0.05) is 17.4 Å². The van der Waals surface area contributed by atoms with Crippen LogP contribution in [0.15, 0.2) is 33.6 Å². The number of hydrogen-bond donors (Lipinski definition) is 2. The summed E-state index contributed by atoms with van der Waals surface area (Å²) in [6, 6.07) is 7.55. The van der Waals surface area contributed by atoms with E-state index < -0.39 is 5.97 Å². The standard InChI is InChI=1S/C18H19BrN2O4S2/c19-13-6-4-5-12(9-13)10-14-17(25)21(18(26)27-14)11-15(22)20-8-3-1-2-7-16(23)24/h4-6,9-10H,1-3,7-8,11H2,(H,20,22)(H,23,24)/b14-10-. The van der Waals surface area contributed by atoms with E-state index in [9.17, 15) is 14.4 Å². The number of amides is 2. The van der Waals surface area contributed by atoms with Crippen molar-refractivity contribution in [3.63, 3.8) is 0 Å². The molecule has 2 rings (SSSR count). The third kappa shape index (κ3) is 7.08. The van der Waals surface area contributed by atoms with Crippen molar-refractivity contribution in [3.05, 3.63) is 39.2 Å². The van der Waals surface area contributed by atoms with Crippen molar-refractivity contribution in [2.24, 2.45) is 0 Å². The number of nitrogens with one attached hydrogen (secondary N) is 1. The Labute approximate surface area is 175 Å². The fourth-order valence-corrected chi connectivity index (χ4v) is 4.06. The quantitative estimate of drug-likeness (QED) is 0.326. The molecule has 1 aromatic carbocycles. The van der Waals surface area contributed by atoms with E-state index in [0.717, 1.165) is 16.5 Å². The monoisotopic (exact) mass is 470 g/mol. The molecule has 0 aliphatic carbocycles. The minimum atomic E-state index is -0.815. The minimum Gasteiger partial charge on any atom is -0.481 e. The number of benzene rings is 1. The second-order valence-corrected chi connectivity index (χ2v) is 8.47. The third-order valence-electron chi connectivity index (χ3n) is 3.71. The zero-order valence-corrected chi connectivity index (χ0v) is 17.7. The summed E-state index contributed by atoms with van der Waals surface area (Å²) in [4.78, 5) is 36.8. The van der Waals surface area contributed by atoms with Crippen LogP contribution in [0.5, 0.6) is 0 Å². The van der Waals surface area contributed by atoms with E-state index in [2.05, 4.69) is 21.2 Å². The van der Waals surface area contributed by atoms with E-state index in [4.69, 9.17) is 17.3 Å². The van der Waals surface area contributed by atoms with Crippen LogP contribution in [0.2, 0.25) is 0 Å². The SMILES string of the molecule is O=C(O)CCCCCNC(=O)CN1C(=O)/C(=C/c2cccc(Br)c2)SC1=S. The summed E-state index contributed by atoms with van der Waals surface area (Å²) >= 11 is 9.80. The summed E-state index contributed by atoms with van der Waals surface area (Å²) in [6.45, 7) is 0.330. The van der Waals surface area contributed by atoms with Crippen LogP contribution in [0.3, 0.4) is 0 Å². The Kier molecular flexibility index (Phi) is 8.46. The molecule has 0 saturated carbocycles. The van der Waals surface area contributed by atoms with Crippen molar-refractivity contribution in [2.75, 3.05) is 13.1 Å². The number of thiocarbonyl (C=S) groups is 1. The predicted molar refractivity (Wildman–Crippen MR) is 113 cm³/mol. The number of carboxylic acid groups (broad SMARTS) is 1. The number of aliphatic carboxylic acids is 1. The summed E-state index contributed by atoms with van der Waals surface area (Å²) < 4.78 is 1.27. The normalized spacial score (nSPS) is 15.4. The summed E-state index contributed by atoms with van der Waals surface area (Å²) in [7, 11) is 0. The van der Waals surface area contributed by atoms with E-state index in [1.807, 2.05) is 24.3 Å². The Hall–Kier alpha value is -1.71. The molecule has 1 heterocycles. The number of carboxylic acids is 1. The second kappa shape index (κ2) is 10.6. The molecule has 1 aliphatic rings. The van der Waals surface area contributed by atoms with Gasteiger partial charge in [0.25, 0.3) is 5.91 Å². The van der Waals surface area contributed by atoms with Gasteiger partial charge in [0.1, 0.15) is 10.9 Å². The van der Waals surface area contributed by atoms with Crippen LogP contribution < -0.4 is 5.32 Å². The smallest absolute Gasteiger partial charge is 0.303 e. The highest BCUT2D eigenvalue weighted by Crippen LogP contribution is 2.32. The van der Waals surface area contributed by atoms with Gasteiger partial charge in [0.15, 0.2) is 0 Å². The van der Waals surface area contributed by atoms with Crippen LogP contribution in [0, 0.1) is 0 Å². The number of nitrogens with zero attached hydrogens (tertiary/aromatic N) is 1. The Bertz CT molecular complexity index is 782. The molecule has 6 nitrogen and oxygen atoms in total. The van der Waals surface area contributed by atoms with Crippen molar-refractivity contribution in [3.8, 4) is 0 Å². The maximum Gasteiger partial charge on any atom is 0.303 e. The lowest BCUT2D eigenvalue weighted by molar-refractivity contribution is -0.137. The van der Waals surface area contributed by atoms with E-state index in [1.165, 1.54) is 16.7 Å². The third-order valence-corrected chi connectivity index (χ3v) is 5.58. The topological polar surface area (TPSA) is 86.7 Å². The lowest BCUT2D eigenvalue weighted by atomic mass is 10.2. The van der Waals surface area contributed by atoms with Crippen LogP contribution in [0.4, 0.5) is 0 Å². The minimum absolute atomic E-state index is 0.115. The molecule has 0 radical (unpaired) electrons. The van der Waals surface area contributed by atoms with E-state index >= 15 is 0 Å². The van der Waals surface area contributed by atoms with Gasteiger partial charge in [-0.2, -0.15) is 0 Å². The van der Waals surface area contributed by atoms with Gasteiger partial charge >= 0.3 is 5.97 Å². The Morgan fingerprint density at radius 2 is 2.07 bits per heavy atom. The largest absolute Gasteiger partial charge is 0.481 e. The van der Waals surface area contributed by atoms with Gasteiger partial charge in [-0.05, 0) is 36.6 Å². The fourth-order valence-electron chi connectivity index (χ4n) is 2.39. The number of hydrogen-bond acceptors (Lipinski definition) is 5. The van der Waals surface area contributed by atoms with Crippen molar-refractivity contribution >= 4 is 68.1 Å². The van der Waals surface area contributed by atoms with Gasteiger partial charge in [-0.3, -0.25) is 19.3 Å². The van der Waals surface area contributed by atoms with Gasteiger partial charge in [-0.25, -0.2) is 0 Å². The van der Waals surface area contributed by atoms with Crippen molar-refractivity contribution in [1.82, 2.24) is 10.2 Å². The zero-order chi connectivity index (χ0) is 19.8. The first-order chi connectivity index (χ1) is 12.9. The van der Waals surface area contributed by atoms with E-state index in [1.54, 1.807) is 6.08 Å². The Morgan fingerprint density at radius 3 is 2.78 bits per heavy atom. The lowest BCUT2D eigenvalue weighted by Gasteiger charge is -2.14. The summed E-state index contributed by atoms with van der Waals surface area (Å²) in [5.41, 5.74) is 0.871. The molecule has 144 valence electrons. The number of carbonyl (C=O) groups is 3. The predicted octanol–water partition coefficient (Wildman–Crippen LogP) is 3.41. The number of carbonyl (C=O) groups excluding carboxylic acids is 2. The Morgan fingerprint density at radius 1 is 1.30 bits per heavy atom. The molecule has 1 fully saturated rings. The Balaban J connectivity index is 1.82. The average molecular weight is 471 g/mol. The van der Waals surface area contributed by atoms with E-state index in [-0.39, 0.29) is 24.8 Å². The van der Waals surface area contributed by atoms with Crippen LogP contribution >= 0.6 is 39.9 Å². The fraction of sp³-hybridized carbons (Fsp3) is 0.333. The maximum atomic E-state index is 12.5. The summed E-state index contributed by atoms with van der Waals surface area (Å²) in [5, 5.41) is 11.3. The van der Waals surface area contributed by atoms with Gasteiger partial charge in [0.05, 0.1) is 4.91 Å². The number of rotatable bonds is 9. The first-order valence-corrected chi connectivity index (χ1v) is 10.4. The average Bonchev–Trinajstić information content (AvgIpc) is 2.85. The van der Waals surface area contributed by atoms with Gasteiger partial charge in [0.2, 0.25) is 5.91 Å². The lowest BCUT2D eigenvalue weighted by Crippen LogP contribution is -2.39. The highest BCUT2D eigenvalue weighted by atomic mass is 79.9. The van der Waals surface area contributed by atoms with Gasteiger partial charge in [-0.1, -0.05) is 58.5 Å². The van der Waals surface area contributed by atoms with Gasteiger partial charge in [-0.15, -0.1) is 0 Å². The molecule has 0 atom stereocenters. The number of halogens is 1. The summed E-state index contributed by atoms with van der Waals surface area (Å²) in [6.07, 6.45) is 3.89. The summed E-state index contributed by atoms with van der Waals surface area (Å²) in [5.74, 6) is -1.38. The van der Waals surface area contributed by atoms with Crippen LogP contribution in [-0.4, -0.2) is 45.2 Å². The number of thioether (sulfide) groups is 1. The zero-order valence-electron chi connectivity index (χ0n) is 14.4. The first kappa shape index (κ1) is 21.6. The van der Waals surface area contributed by atoms with Crippen molar-refractivity contribution in [1.29, 1.82) is 0 Å². The second-order valence-electron chi connectivity index (χ2n) is 5.88. The highest BCUT2D eigenvalue weighted by molar-refractivity contribution is 9.10. The number of unbranched alkanes of at least 4 members (excludes halogenated alkanes) is 2. The molecule has 0 unspecified atom stereocenters. The molecular formula is C18H19BrN2O4S2. The molecule has 0 aromatic heterocycles. The van der Waals surface area contributed by atoms with Crippen LogP contribution in [0.1, 0.15) is 31.2 Å². The van der Waals surface area contributed by atoms with Crippen molar-refractivity contribution in [2.45, 2.75) is 25.7 Å². The molecule has 0 spiro atoms. The van der Waals surface area contributed by atoms with E-state index in [0.29, 0.717) is 28.6 Å². The highest BCUT2D eigenvalue weighted by Gasteiger charge is 2.33. The maximum absolute atomic E-state index is 12.5. The molecule has 0 bridgehead atoms. The first-order valence-electron chi connectivity index (χ1n) is 8.36. The molecule has 1 aliphatic heterocycles. The van der Waals surface area contributed by atoms with Crippen molar-refractivity contribution < 1.29 is 19.5 Å². The molecule has 1 saturated heterocycles. The van der Waals surface area contributed by atoms with Gasteiger partial charge < -0.3 is 10.4 Å². The molecule has 2 amide bonds. The van der Waals surface area contributed by atoms with Crippen LogP contribution in [-0.2, 0) is 14.4 Å². The van der Waals surface area contributed by atoms with Crippen LogP contribution in [0.25, 0.3) is 6.08 Å². The molecule has 1 aromatic rings. The molecule has 2 N–H and O–H groups in total. The molecule has 9 heteroatoms.